The van der Waals surface area contributed by atoms with Crippen LogP contribution in [-0.4, -0.2) is 11.8 Å². The Morgan fingerprint density at radius 1 is 1.10 bits per heavy atom. The highest BCUT2D eigenvalue weighted by Gasteiger charge is 2.53. The normalized spacial score (nSPS) is 38.2. The number of hydrogen-bond acceptors (Lipinski definition) is 2. The van der Waals surface area contributed by atoms with Crippen LogP contribution in [-0.2, 0) is 9.59 Å². The first-order valence-corrected chi connectivity index (χ1v) is 8.85. The van der Waals surface area contributed by atoms with E-state index in [1.165, 1.54) is 38.5 Å². The molecule has 3 unspecified atom stereocenters. The van der Waals surface area contributed by atoms with Gasteiger partial charge in [0.25, 0.3) is 0 Å². The first kappa shape index (κ1) is 15.1. The van der Waals surface area contributed by atoms with Crippen LogP contribution in [0, 0.1) is 29.1 Å². The average molecular weight is 291 g/mol. The monoisotopic (exact) mass is 291 g/mol. The summed E-state index contributed by atoms with van der Waals surface area (Å²) in [7, 11) is 0. The molecule has 21 heavy (non-hydrogen) atoms. The van der Waals surface area contributed by atoms with E-state index in [0.717, 1.165) is 12.8 Å². The van der Waals surface area contributed by atoms with Gasteiger partial charge < -0.3 is 0 Å². The second-order valence-corrected chi connectivity index (χ2v) is 8.07. The molecule has 1 aliphatic heterocycles. The van der Waals surface area contributed by atoms with E-state index in [-0.39, 0.29) is 23.1 Å². The van der Waals surface area contributed by atoms with Crippen LogP contribution in [0.3, 0.4) is 0 Å². The number of piperidine rings is 1. The van der Waals surface area contributed by atoms with Gasteiger partial charge in [0.1, 0.15) is 0 Å². The molecule has 2 aliphatic carbocycles. The summed E-state index contributed by atoms with van der Waals surface area (Å²) in [6.07, 6.45) is 10.1. The maximum atomic E-state index is 12.6. The summed E-state index contributed by atoms with van der Waals surface area (Å²) < 4.78 is 0. The Morgan fingerprint density at radius 3 is 2.48 bits per heavy atom. The number of carbonyl (C=O) groups excluding carboxylic acids is 2. The van der Waals surface area contributed by atoms with Crippen LogP contribution < -0.4 is 5.32 Å². The number of imide groups is 1. The summed E-state index contributed by atoms with van der Waals surface area (Å²) in [5.74, 6) is 1.97. The number of carbonyl (C=O) groups is 2. The van der Waals surface area contributed by atoms with Crippen LogP contribution in [0.25, 0.3) is 0 Å². The highest BCUT2D eigenvalue weighted by atomic mass is 16.2. The van der Waals surface area contributed by atoms with E-state index in [0.29, 0.717) is 24.2 Å². The van der Waals surface area contributed by atoms with Gasteiger partial charge in [0.05, 0.1) is 0 Å². The van der Waals surface area contributed by atoms with Crippen LogP contribution in [0.5, 0.6) is 0 Å². The molecule has 3 aliphatic rings. The molecule has 1 N–H and O–H groups in total. The summed E-state index contributed by atoms with van der Waals surface area (Å²) in [5.41, 5.74) is -0.0262. The molecule has 0 bridgehead atoms. The lowest BCUT2D eigenvalue weighted by Gasteiger charge is -2.50. The van der Waals surface area contributed by atoms with Gasteiger partial charge in [-0.25, -0.2) is 0 Å². The lowest BCUT2D eigenvalue weighted by molar-refractivity contribution is -0.150. The maximum absolute atomic E-state index is 12.6. The Morgan fingerprint density at radius 2 is 1.81 bits per heavy atom. The third-order valence-corrected chi connectivity index (χ3v) is 6.45. The summed E-state index contributed by atoms with van der Waals surface area (Å²) in [6, 6.07) is 0. The van der Waals surface area contributed by atoms with Crippen LogP contribution in [0.1, 0.15) is 71.6 Å². The van der Waals surface area contributed by atoms with Crippen molar-refractivity contribution in [3.05, 3.63) is 0 Å². The molecule has 0 aromatic heterocycles. The van der Waals surface area contributed by atoms with E-state index in [9.17, 15) is 9.59 Å². The predicted octanol–water partition coefficient (Wildman–Crippen LogP) is 3.67. The van der Waals surface area contributed by atoms with Gasteiger partial charge in [0.2, 0.25) is 11.8 Å². The third kappa shape index (κ3) is 2.76. The van der Waals surface area contributed by atoms with Crippen molar-refractivity contribution >= 4 is 11.8 Å². The molecule has 118 valence electrons. The Balaban J connectivity index is 1.89. The highest BCUT2D eigenvalue weighted by Crippen LogP contribution is 2.55. The molecule has 2 saturated carbocycles. The van der Waals surface area contributed by atoms with Gasteiger partial charge in [-0.3, -0.25) is 14.9 Å². The Kier molecular flexibility index (Phi) is 4.11. The van der Waals surface area contributed by atoms with Crippen molar-refractivity contribution in [2.45, 2.75) is 71.6 Å². The molecule has 1 spiro atoms. The molecule has 1 saturated heterocycles. The lowest BCUT2D eigenvalue weighted by Crippen LogP contribution is -2.56. The molecule has 0 aromatic carbocycles. The molecule has 1 heterocycles. The second kappa shape index (κ2) is 5.73. The standard InChI is InChI=1S/C18H29NO2/c1-12(2)14-8-5-9-18(10-14)11-15(20)19-17(21)16(18)13-6-3-4-7-13/h12-14,16H,3-11H2,1-2H3,(H,19,20,21). The van der Waals surface area contributed by atoms with E-state index in [4.69, 9.17) is 0 Å². The van der Waals surface area contributed by atoms with Crippen LogP contribution in [0.2, 0.25) is 0 Å². The minimum atomic E-state index is -0.0290. The Labute approximate surface area is 128 Å². The maximum Gasteiger partial charge on any atom is 0.230 e. The number of amides is 2. The zero-order valence-electron chi connectivity index (χ0n) is 13.5. The molecular formula is C18H29NO2. The fraction of sp³-hybridized carbons (Fsp3) is 0.889. The minimum absolute atomic E-state index is 0.0262. The molecule has 3 fully saturated rings. The van der Waals surface area contributed by atoms with Crippen LogP contribution in [0.4, 0.5) is 0 Å². The summed E-state index contributed by atoms with van der Waals surface area (Å²) in [6.45, 7) is 4.58. The van der Waals surface area contributed by atoms with Crippen molar-refractivity contribution < 1.29 is 9.59 Å². The summed E-state index contributed by atoms with van der Waals surface area (Å²) in [4.78, 5) is 24.7. The molecule has 2 amide bonds. The molecule has 0 aromatic rings. The largest absolute Gasteiger partial charge is 0.296 e. The third-order valence-electron chi connectivity index (χ3n) is 6.45. The zero-order chi connectivity index (χ0) is 15.0. The van der Waals surface area contributed by atoms with Gasteiger partial charge in [-0.2, -0.15) is 0 Å². The zero-order valence-corrected chi connectivity index (χ0v) is 13.5. The fourth-order valence-electron chi connectivity index (χ4n) is 5.43. The molecule has 3 rings (SSSR count). The SMILES string of the molecule is CC(C)C1CCCC2(CC(=O)NC(=O)C2C2CCCC2)C1. The van der Waals surface area contributed by atoms with E-state index in [1.54, 1.807) is 0 Å². The van der Waals surface area contributed by atoms with Gasteiger partial charge in [-0.1, -0.05) is 39.5 Å². The smallest absolute Gasteiger partial charge is 0.230 e. The van der Waals surface area contributed by atoms with Crippen molar-refractivity contribution in [1.29, 1.82) is 0 Å². The Hall–Kier alpha value is -0.860. The predicted molar refractivity (Wildman–Crippen MR) is 82.4 cm³/mol. The lowest BCUT2D eigenvalue weighted by atomic mass is 9.55. The van der Waals surface area contributed by atoms with E-state index in [1.807, 2.05) is 0 Å². The van der Waals surface area contributed by atoms with E-state index < -0.39 is 0 Å². The van der Waals surface area contributed by atoms with Crippen LogP contribution in [0.15, 0.2) is 0 Å². The van der Waals surface area contributed by atoms with E-state index >= 15 is 0 Å². The van der Waals surface area contributed by atoms with Crippen molar-refractivity contribution in [2.75, 3.05) is 0 Å². The van der Waals surface area contributed by atoms with Gasteiger partial charge in [-0.05, 0) is 48.9 Å². The highest BCUT2D eigenvalue weighted by molar-refractivity contribution is 5.99. The fourth-order valence-corrected chi connectivity index (χ4v) is 5.43. The van der Waals surface area contributed by atoms with Gasteiger partial charge in [0.15, 0.2) is 0 Å². The average Bonchev–Trinajstić information content (AvgIpc) is 2.91. The van der Waals surface area contributed by atoms with Gasteiger partial charge >= 0.3 is 0 Å². The topological polar surface area (TPSA) is 46.2 Å². The molecule has 3 heteroatoms. The Bertz CT molecular complexity index is 425. The molecule has 3 nitrogen and oxygen atoms in total. The van der Waals surface area contributed by atoms with Gasteiger partial charge in [-0.15, -0.1) is 0 Å². The molecule has 3 atom stereocenters. The van der Waals surface area contributed by atoms with E-state index in [2.05, 4.69) is 19.2 Å². The quantitative estimate of drug-likeness (QED) is 0.789. The number of nitrogens with one attached hydrogen (secondary N) is 1. The van der Waals surface area contributed by atoms with Gasteiger partial charge in [0, 0.05) is 12.3 Å². The first-order valence-electron chi connectivity index (χ1n) is 8.85. The summed E-state index contributed by atoms with van der Waals surface area (Å²) >= 11 is 0. The molecule has 0 radical (unpaired) electrons. The number of rotatable bonds is 2. The van der Waals surface area contributed by atoms with Crippen molar-refractivity contribution in [3.8, 4) is 0 Å². The van der Waals surface area contributed by atoms with Crippen molar-refractivity contribution in [2.24, 2.45) is 29.1 Å². The minimum Gasteiger partial charge on any atom is -0.296 e. The van der Waals surface area contributed by atoms with Crippen LogP contribution >= 0.6 is 0 Å². The first-order chi connectivity index (χ1) is 10.0. The molecular weight excluding hydrogens is 262 g/mol. The summed E-state index contributed by atoms with van der Waals surface area (Å²) in [5, 5.41) is 2.64. The second-order valence-electron chi connectivity index (χ2n) is 8.07. The van der Waals surface area contributed by atoms with Crippen molar-refractivity contribution in [1.82, 2.24) is 5.32 Å². The number of hydrogen-bond donors (Lipinski definition) is 1. The van der Waals surface area contributed by atoms with Crippen molar-refractivity contribution in [3.63, 3.8) is 0 Å².